The van der Waals surface area contributed by atoms with Gasteiger partial charge in [0.15, 0.2) is 0 Å². The Kier molecular flexibility index (Phi) is 8.78. The van der Waals surface area contributed by atoms with Crippen molar-refractivity contribution in [2.45, 2.75) is 32.7 Å². The van der Waals surface area contributed by atoms with Crippen molar-refractivity contribution < 1.29 is 14.3 Å². The lowest BCUT2D eigenvalue weighted by Crippen LogP contribution is -2.50. The minimum absolute atomic E-state index is 0.0234. The number of carbonyl (C=O) groups excluding carboxylic acids is 2. The summed E-state index contributed by atoms with van der Waals surface area (Å²) in [5.41, 5.74) is 1.62. The lowest BCUT2D eigenvalue weighted by Gasteiger charge is -2.23. The molecular formula is C24H28N2O3. The largest absolute Gasteiger partial charge is 0.481 e. The Morgan fingerprint density at radius 3 is 2.41 bits per heavy atom. The van der Waals surface area contributed by atoms with Crippen molar-refractivity contribution in [3.8, 4) is 18.1 Å². The standard InChI is InChI=1S/C24H28N2O3/c1-4-17-29-21-13-11-19(12-14-21)15-16-25-24(28)22(18(3)5-2)26-23(27)20-9-7-6-8-10-20/h1,6-14,18,22H,5,15-17H2,2-3H3,(H,25,28)(H,26,27). The summed E-state index contributed by atoms with van der Waals surface area (Å²) < 4.78 is 5.35. The average molecular weight is 392 g/mol. The number of hydrogen-bond donors (Lipinski definition) is 2. The molecule has 0 aliphatic heterocycles. The normalized spacial score (nSPS) is 12.3. The molecule has 2 N–H and O–H groups in total. The van der Waals surface area contributed by atoms with Crippen LogP contribution in [0.15, 0.2) is 54.6 Å². The zero-order valence-electron chi connectivity index (χ0n) is 17.0. The van der Waals surface area contributed by atoms with Gasteiger partial charge in [-0.15, -0.1) is 6.42 Å². The molecule has 2 unspecified atom stereocenters. The Balaban J connectivity index is 1.89. The van der Waals surface area contributed by atoms with Crippen molar-refractivity contribution in [3.63, 3.8) is 0 Å². The first-order valence-corrected chi connectivity index (χ1v) is 9.84. The average Bonchev–Trinajstić information content (AvgIpc) is 2.76. The summed E-state index contributed by atoms with van der Waals surface area (Å²) in [5.74, 6) is 2.76. The number of benzene rings is 2. The van der Waals surface area contributed by atoms with Crippen LogP contribution >= 0.6 is 0 Å². The fourth-order valence-corrected chi connectivity index (χ4v) is 2.83. The van der Waals surface area contributed by atoms with Gasteiger partial charge >= 0.3 is 0 Å². The van der Waals surface area contributed by atoms with E-state index in [1.807, 2.05) is 44.2 Å². The van der Waals surface area contributed by atoms with Gasteiger partial charge in [0.2, 0.25) is 5.91 Å². The number of ether oxygens (including phenoxy) is 1. The summed E-state index contributed by atoms with van der Waals surface area (Å²) in [6, 6.07) is 16.0. The fraction of sp³-hybridized carbons (Fsp3) is 0.333. The van der Waals surface area contributed by atoms with E-state index in [9.17, 15) is 9.59 Å². The molecule has 0 fully saturated rings. The highest BCUT2D eigenvalue weighted by atomic mass is 16.5. The molecule has 2 amide bonds. The van der Waals surface area contributed by atoms with Crippen LogP contribution in [0.1, 0.15) is 36.2 Å². The van der Waals surface area contributed by atoms with Crippen molar-refractivity contribution >= 4 is 11.8 Å². The Bertz CT molecular complexity index is 825. The van der Waals surface area contributed by atoms with E-state index in [4.69, 9.17) is 11.2 Å². The van der Waals surface area contributed by atoms with Crippen molar-refractivity contribution in [1.29, 1.82) is 0 Å². The summed E-state index contributed by atoms with van der Waals surface area (Å²) in [7, 11) is 0. The zero-order valence-corrected chi connectivity index (χ0v) is 17.0. The molecule has 0 heterocycles. The molecule has 5 nitrogen and oxygen atoms in total. The van der Waals surface area contributed by atoms with E-state index in [1.54, 1.807) is 24.3 Å². The predicted octanol–water partition coefficient (Wildman–Crippen LogP) is 3.20. The van der Waals surface area contributed by atoms with Gasteiger partial charge in [0, 0.05) is 12.1 Å². The monoisotopic (exact) mass is 392 g/mol. The second-order valence-electron chi connectivity index (χ2n) is 6.88. The topological polar surface area (TPSA) is 67.4 Å². The third kappa shape index (κ3) is 7.00. The molecule has 2 aromatic carbocycles. The number of amides is 2. The van der Waals surface area contributed by atoms with Gasteiger partial charge in [-0.25, -0.2) is 0 Å². The van der Waals surface area contributed by atoms with Crippen LogP contribution in [0.2, 0.25) is 0 Å². The van der Waals surface area contributed by atoms with Gasteiger partial charge in [0.1, 0.15) is 18.4 Å². The van der Waals surface area contributed by atoms with Crippen molar-refractivity contribution in [1.82, 2.24) is 10.6 Å². The summed E-state index contributed by atoms with van der Waals surface area (Å²) >= 11 is 0. The van der Waals surface area contributed by atoms with Crippen LogP contribution < -0.4 is 15.4 Å². The molecule has 2 rings (SSSR count). The van der Waals surface area contributed by atoms with E-state index < -0.39 is 6.04 Å². The van der Waals surface area contributed by atoms with Gasteiger partial charge in [-0.3, -0.25) is 9.59 Å². The van der Waals surface area contributed by atoms with Gasteiger partial charge in [-0.2, -0.15) is 0 Å². The van der Waals surface area contributed by atoms with E-state index in [-0.39, 0.29) is 24.3 Å². The first kappa shape index (κ1) is 22.0. The molecule has 0 saturated heterocycles. The van der Waals surface area contributed by atoms with Crippen LogP contribution in [0.4, 0.5) is 0 Å². The van der Waals surface area contributed by atoms with Crippen LogP contribution in [0.5, 0.6) is 5.75 Å². The Morgan fingerprint density at radius 2 is 1.79 bits per heavy atom. The van der Waals surface area contributed by atoms with Crippen LogP contribution in [0.25, 0.3) is 0 Å². The Morgan fingerprint density at radius 1 is 1.10 bits per heavy atom. The molecule has 0 radical (unpaired) electrons. The van der Waals surface area contributed by atoms with Gasteiger partial charge in [0.05, 0.1) is 0 Å². The summed E-state index contributed by atoms with van der Waals surface area (Å²) in [5, 5.41) is 5.82. The fourth-order valence-electron chi connectivity index (χ4n) is 2.83. The number of nitrogens with one attached hydrogen (secondary N) is 2. The van der Waals surface area contributed by atoms with Crippen molar-refractivity contribution in [2.24, 2.45) is 5.92 Å². The minimum atomic E-state index is -0.577. The molecule has 0 aromatic heterocycles. The van der Waals surface area contributed by atoms with E-state index in [2.05, 4.69) is 16.6 Å². The molecule has 5 heteroatoms. The molecule has 0 bridgehead atoms. The lowest BCUT2D eigenvalue weighted by molar-refractivity contribution is -0.124. The molecule has 152 valence electrons. The van der Waals surface area contributed by atoms with Gasteiger partial charge in [-0.05, 0) is 42.2 Å². The maximum atomic E-state index is 12.7. The first-order valence-electron chi connectivity index (χ1n) is 9.84. The number of terminal acetylenes is 1. The molecule has 0 aliphatic carbocycles. The Hall–Kier alpha value is -3.26. The predicted molar refractivity (Wildman–Crippen MR) is 115 cm³/mol. The third-order valence-electron chi connectivity index (χ3n) is 4.78. The van der Waals surface area contributed by atoms with E-state index in [1.165, 1.54) is 0 Å². The van der Waals surface area contributed by atoms with Gasteiger partial charge < -0.3 is 15.4 Å². The number of carbonyl (C=O) groups is 2. The van der Waals surface area contributed by atoms with Gasteiger partial charge in [-0.1, -0.05) is 56.5 Å². The number of rotatable bonds is 10. The van der Waals surface area contributed by atoms with Gasteiger partial charge in [0.25, 0.3) is 5.91 Å². The molecule has 0 spiro atoms. The quantitative estimate of drug-likeness (QED) is 0.610. The molecule has 0 aliphatic rings. The van der Waals surface area contributed by atoms with Crippen LogP contribution in [-0.4, -0.2) is 31.0 Å². The minimum Gasteiger partial charge on any atom is -0.481 e. The highest BCUT2D eigenvalue weighted by molar-refractivity contribution is 5.97. The summed E-state index contributed by atoms with van der Waals surface area (Å²) in [6.07, 6.45) is 6.64. The van der Waals surface area contributed by atoms with Crippen LogP contribution in [-0.2, 0) is 11.2 Å². The molecular weight excluding hydrogens is 364 g/mol. The highest BCUT2D eigenvalue weighted by Crippen LogP contribution is 2.13. The summed E-state index contributed by atoms with van der Waals surface area (Å²) in [6.45, 7) is 4.69. The lowest BCUT2D eigenvalue weighted by atomic mass is 9.97. The maximum Gasteiger partial charge on any atom is 0.251 e. The summed E-state index contributed by atoms with van der Waals surface area (Å²) in [4.78, 5) is 25.2. The second-order valence-corrected chi connectivity index (χ2v) is 6.88. The molecule has 2 aromatic rings. The molecule has 2 atom stereocenters. The third-order valence-corrected chi connectivity index (χ3v) is 4.78. The zero-order chi connectivity index (χ0) is 21.1. The maximum absolute atomic E-state index is 12.7. The SMILES string of the molecule is C#CCOc1ccc(CCNC(=O)C(NC(=O)c2ccccc2)C(C)CC)cc1. The molecule has 0 saturated carbocycles. The first-order chi connectivity index (χ1) is 14.0. The van der Waals surface area contributed by atoms with E-state index in [0.29, 0.717) is 18.5 Å². The van der Waals surface area contributed by atoms with Crippen LogP contribution in [0, 0.1) is 18.3 Å². The number of hydrogen-bond acceptors (Lipinski definition) is 3. The van der Waals surface area contributed by atoms with Crippen molar-refractivity contribution in [3.05, 3.63) is 65.7 Å². The van der Waals surface area contributed by atoms with Crippen molar-refractivity contribution in [2.75, 3.05) is 13.2 Å². The smallest absolute Gasteiger partial charge is 0.251 e. The van der Waals surface area contributed by atoms with E-state index in [0.717, 1.165) is 17.7 Å². The molecule has 29 heavy (non-hydrogen) atoms. The van der Waals surface area contributed by atoms with Crippen LogP contribution in [0.3, 0.4) is 0 Å². The Labute approximate surface area is 172 Å². The van der Waals surface area contributed by atoms with E-state index >= 15 is 0 Å². The second kappa shape index (κ2) is 11.6. The highest BCUT2D eigenvalue weighted by Gasteiger charge is 2.25.